The molecule has 4 rings (SSSR count). The number of carbonyl (C=O) groups excluding carboxylic acids is 2. The first-order valence-corrected chi connectivity index (χ1v) is 14.5. The monoisotopic (exact) mass is 534 g/mol. The molecular weight excluding hydrogens is 500 g/mol. The van der Waals surface area contributed by atoms with Crippen molar-refractivity contribution < 1.29 is 9.59 Å². The Balaban J connectivity index is 1.56. The van der Waals surface area contributed by atoms with Crippen LogP contribution in [0.25, 0.3) is 0 Å². The number of amides is 2. The molecule has 0 saturated heterocycles. The van der Waals surface area contributed by atoms with Crippen LogP contribution in [0.3, 0.4) is 0 Å². The number of nitrogens with one attached hydrogen (secondary N) is 1. The van der Waals surface area contributed by atoms with Crippen LogP contribution in [0.15, 0.2) is 78.9 Å². The molecule has 3 aromatic carbocycles. The number of hydrogen-bond acceptors (Lipinski definition) is 3. The van der Waals surface area contributed by atoms with E-state index in [-0.39, 0.29) is 17.9 Å². The van der Waals surface area contributed by atoms with Gasteiger partial charge in [0.15, 0.2) is 0 Å². The Bertz CT molecular complexity index is 1160. The third-order valence-electron chi connectivity index (χ3n) is 6.82. The molecule has 0 bridgehead atoms. The summed E-state index contributed by atoms with van der Waals surface area (Å²) in [6, 6.07) is 25.5. The molecule has 1 atom stereocenters. The molecule has 1 aliphatic rings. The average molecular weight is 535 g/mol. The summed E-state index contributed by atoms with van der Waals surface area (Å²) in [4.78, 5) is 29.3. The first-order chi connectivity index (χ1) is 18.0. The van der Waals surface area contributed by atoms with Crippen LogP contribution in [0, 0.1) is 6.92 Å². The van der Waals surface area contributed by atoms with Gasteiger partial charge in [-0.3, -0.25) is 9.59 Å². The first-order valence-electron chi connectivity index (χ1n) is 13.0. The van der Waals surface area contributed by atoms with E-state index in [1.54, 1.807) is 16.7 Å². The molecule has 1 saturated carbocycles. The van der Waals surface area contributed by atoms with Gasteiger partial charge in [-0.15, -0.1) is 11.8 Å². The molecule has 2 amide bonds. The highest BCUT2D eigenvalue weighted by atomic mass is 35.5. The topological polar surface area (TPSA) is 49.4 Å². The van der Waals surface area contributed by atoms with Crippen molar-refractivity contribution in [2.75, 3.05) is 5.75 Å². The lowest BCUT2D eigenvalue weighted by atomic mass is 10.0. The van der Waals surface area contributed by atoms with Gasteiger partial charge in [-0.25, -0.2) is 0 Å². The lowest BCUT2D eigenvalue weighted by Gasteiger charge is -2.32. The first kappa shape index (κ1) is 27.3. The molecule has 3 aromatic rings. The maximum Gasteiger partial charge on any atom is 0.243 e. The summed E-state index contributed by atoms with van der Waals surface area (Å²) in [5.74, 6) is 0.928. The smallest absolute Gasteiger partial charge is 0.243 e. The van der Waals surface area contributed by atoms with Gasteiger partial charge in [0.25, 0.3) is 0 Å². The third-order valence-corrected chi connectivity index (χ3v) is 8.06. The summed E-state index contributed by atoms with van der Waals surface area (Å²) in [5.41, 5.74) is 4.33. The summed E-state index contributed by atoms with van der Waals surface area (Å²) in [5, 5.41) is 3.97. The van der Waals surface area contributed by atoms with Crippen LogP contribution in [0.1, 0.15) is 47.9 Å². The van der Waals surface area contributed by atoms with Crippen LogP contribution < -0.4 is 5.32 Å². The van der Waals surface area contributed by atoms with Crippen LogP contribution in [0.5, 0.6) is 0 Å². The zero-order valence-corrected chi connectivity index (χ0v) is 22.9. The summed E-state index contributed by atoms with van der Waals surface area (Å²) in [7, 11) is 0. The van der Waals surface area contributed by atoms with Crippen LogP contribution in [0.2, 0.25) is 5.02 Å². The second kappa shape index (κ2) is 13.7. The van der Waals surface area contributed by atoms with Gasteiger partial charge < -0.3 is 10.2 Å². The van der Waals surface area contributed by atoms with E-state index < -0.39 is 6.04 Å². The molecule has 0 heterocycles. The summed E-state index contributed by atoms with van der Waals surface area (Å²) < 4.78 is 0. The van der Waals surface area contributed by atoms with Crippen molar-refractivity contribution >= 4 is 35.2 Å². The Labute approximate surface area is 229 Å². The summed E-state index contributed by atoms with van der Waals surface area (Å²) >= 11 is 7.58. The van der Waals surface area contributed by atoms with E-state index >= 15 is 0 Å². The van der Waals surface area contributed by atoms with Crippen LogP contribution in [0.4, 0.5) is 0 Å². The fourth-order valence-corrected chi connectivity index (χ4v) is 5.85. The molecule has 0 unspecified atom stereocenters. The molecule has 37 heavy (non-hydrogen) atoms. The largest absolute Gasteiger partial charge is 0.352 e. The van der Waals surface area contributed by atoms with Gasteiger partial charge in [0, 0.05) is 29.8 Å². The highest BCUT2D eigenvalue weighted by Gasteiger charge is 2.32. The molecule has 4 nitrogen and oxygen atoms in total. The maximum absolute atomic E-state index is 13.8. The number of carbonyl (C=O) groups is 2. The van der Waals surface area contributed by atoms with E-state index in [2.05, 4.69) is 11.4 Å². The van der Waals surface area contributed by atoms with Crippen LogP contribution >= 0.6 is 23.4 Å². The van der Waals surface area contributed by atoms with Crippen molar-refractivity contribution in [3.8, 4) is 0 Å². The van der Waals surface area contributed by atoms with Crippen LogP contribution in [-0.4, -0.2) is 34.6 Å². The second-order valence-electron chi connectivity index (χ2n) is 9.83. The van der Waals surface area contributed by atoms with Gasteiger partial charge in [-0.1, -0.05) is 96.7 Å². The third kappa shape index (κ3) is 8.37. The number of rotatable bonds is 11. The quantitative estimate of drug-likeness (QED) is 0.302. The highest BCUT2D eigenvalue weighted by Crippen LogP contribution is 2.22. The fourth-order valence-electron chi connectivity index (χ4n) is 4.85. The summed E-state index contributed by atoms with van der Waals surface area (Å²) in [6.07, 6.45) is 4.78. The standard InChI is InChI=1S/C31H35ClN2O2S/c1-23-8-7-11-26(18-23)20-34(30(35)22-37-21-25-14-16-27(32)17-15-25)29(19-24-9-3-2-4-10-24)31(36)33-28-12-5-6-13-28/h2-4,7-11,14-18,28-29H,5-6,12-13,19-22H2,1H3,(H,33,36)/t29-/m1/s1. The highest BCUT2D eigenvalue weighted by molar-refractivity contribution is 7.99. The predicted molar refractivity (Wildman–Crippen MR) is 154 cm³/mol. The lowest BCUT2D eigenvalue weighted by molar-refractivity contribution is -0.139. The minimum absolute atomic E-state index is 0.0250. The Hall–Kier alpha value is -2.76. The molecule has 1 N–H and O–H groups in total. The van der Waals surface area contributed by atoms with Crippen molar-refractivity contribution in [1.29, 1.82) is 0 Å². The van der Waals surface area contributed by atoms with Gasteiger partial charge in [0.2, 0.25) is 11.8 Å². The SMILES string of the molecule is Cc1cccc(CN(C(=O)CSCc2ccc(Cl)cc2)[C@H](Cc2ccccc2)C(=O)NC2CCCC2)c1. The van der Waals surface area contributed by atoms with Gasteiger partial charge in [-0.2, -0.15) is 0 Å². The van der Waals surface area contributed by atoms with E-state index in [1.807, 2.05) is 79.7 Å². The number of thioether (sulfide) groups is 1. The van der Waals surface area contributed by atoms with E-state index in [0.29, 0.717) is 29.5 Å². The molecule has 6 heteroatoms. The molecule has 0 aromatic heterocycles. The maximum atomic E-state index is 13.8. The zero-order chi connectivity index (χ0) is 26.0. The molecule has 0 aliphatic heterocycles. The normalized spacial score (nSPS) is 14.3. The zero-order valence-electron chi connectivity index (χ0n) is 21.4. The van der Waals surface area contributed by atoms with Crippen molar-refractivity contribution in [3.63, 3.8) is 0 Å². The molecule has 1 fully saturated rings. The van der Waals surface area contributed by atoms with E-state index in [9.17, 15) is 9.59 Å². The van der Waals surface area contributed by atoms with E-state index in [1.165, 1.54) is 0 Å². The Morgan fingerprint density at radius 1 is 0.946 bits per heavy atom. The molecule has 0 spiro atoms. The molecule has 0 radical (unpaired) electrons. The van der Waals surface area contributed by atoms with Crippen molar-refractivity contribution in [1.82, 2.24) is 10.2 Å². The molecule has 1 aliphatic carbocycles. The van der Waals surface area contributed by atoms with Crippen molar-refractivity contribution in [2.24, 2.45) is 0 Å². The fraction of sp³-hybridized carbons (Fsp3) is 0.355. The average Bonchev–Trinajstić information content (AvgIpc) is 3.41. The number of hydrogen-bond donors (Lipinski definition) is 1. The van der Waals surface area contributed by atoms with Crippen molar-refractivity contribution in [3.05, 3.63) is 106 Å². The number of nitrogens with zero attached hydrogens (tertiary/aromatic N) is 1. The lowest BCUT2D eigenvalue weighted by Crippen LogP contribution is -2.52. The number of benzene rings is 3. The minimum Gasteiger partial charge on any atom is -0.352 e. The van der Waals surface area contributed by atoms with Crippen molar-refractivity contribution in [2.45, 2.75) is 63.4 Å². The van der Waals surface area contributed by atoms with E-state index in [0.717, 1.165) is 47.9 Å². The van der Waals surface area contributed by atoms with E-state index in [4.69, 9.17) is 11.6 Å². The second-order valence-corrected chi connectivity index (χ2v) is 11.2. The number of halogens is 1. The van der Waals surface area contributed by atoms with Gasteiger partial charge in [0.1, 0.15) is 6.04 Å². The molecular formula is C31H35ClN2O2S. The van der Waals surface area contributed by atoms with Crippen LogP contribution in [-0.2, 0) is 28.3 Å². The minimum atomic E-state index is -0.577. The predicted octanol–water partition coefficient (Wildman–Crippen LogP) is 6.58. The van der Waals surface area contributed by atoms with Gasteiger partial charge in [0.05, 0.1) is 5.75 Å². The Morgan fingerprint density at radius 3 is 2.35 bits per heavy atom. The summed E-state index contributed by atoms with van der Waals surface area (Å²) in [6.45, 7) is 2.45. The van der Waals surface area contributed by atoms with Gasteiger partial charge >= 0.3 is 0 Å². The molecule has 194 valence electrons. The Kier molecular flexibility index (Phi) is 10.1. The number of aryl methyl sites for hydroxylation is 1. The van der Waals surface area contributed by atoms with Gasteiger partial charge in [-0.05, 0) is 48.6 Å². The Morgan fingerprint density at radius 2 is 1.65 bits per heavy atom.